The van der Waals surface area contributed by atoms with Gasteiger partial charge in [0.05, 0.1) is 12.9 Å². The maximum Gasteiger partial charge on any atom is 0.323 e. The molecule has 4 N–H and O–H groups in total. The van der Waals surface area contributed by atoms with Gasteiger partial charge in [0.1, 0.15) is 17.9 Å². The second kappa shape index (κ2) is 6.48. The predicted octanol–water partition coefficient (Wildman–Crippen LogP) is -0.496. The third kappa shape index (κ3) is 3.37. The molecule has 0 saturated heterocycles. The second-order valence-corrected chi connectivity index (χ2v) is 5.22. The number of anilines is 1. The Labute approximate surface area is 126 Å². The number of ether oxygens (including phenoxy) is 1. The van der Waals surface area contributed by atoms with E-state index in [4.69, 9.17) is 16.2 Å². The Hall–Kier alpha value is -2.55. The average molecular weight is 306 g/mol. The second-order valence-electron chi connectivity index (χ2n) is 5.22. The summed E-state index contributed by atoms with van der Waals surface area (Å²) in [6.07, 6.45) is 2.73. The summed E-state index contributed by atoms with van der Waals surface area (Å²) in [5, 5.41) is 0. The third-order valence-electron chi connectivity index (χ3n) is 3.14. The highest BCUT2D eigenvalue weighted by molar-refractivity contribution is 5.86. The van der Waals surface area contributed by atoms with Crippen LogP contribution in [0.25, 0.3) is 11.2 Å². The van der Waals surface area contributed by atoms with E-state index in [0.717, 1.165) is 0 Å². The van der Waals surface area contributed by atoms with Crippen molar-refractivity contribution in [3.05, 3.63) is 12.7 Å². The van der Waals surface area contributed by atoms with Crippen LogP contribution in [-0.4, -0.2) is 43.9 Å². The van der Waals surface area contributed by atoms with Crippen molar-refractivity contribution in [1.82, 2.24) is 19.5 Å². The van der Waals surface area contributed by atoms with E-state index >= 15 is 0 Å². The molecule has 2 aromatic heterocycles. The first-order chi connectivity index (χ1) is 10.4. The Kier molecular flexibility index (Phi) is 4.66. The Bertz CT molecular complexity index is 696. The minimum Gasteiger partial charge on any atom is -0.456 e. The summed E-state index contributed by atoms with van der Waals surface area (Å²) in [6.45, 7) is 3.22. The van der Waals surface area contributed by atoms with Crippen LogP contribution >= 0.6 is 0 Å². The van der Waals surface area contributed by atoms with Gasteiger partial charge < -0.3 is 20.8 Å². The number of fused-ring (bicyclic) bond motifs is 1. The summed E-state index contributed by atoms with van der Waals surface area (Å²) in [6, 6.07) is -0.741. The van der Waals surface area contributed by atoms with Crippen molar-refractivity contribution in [2.75, 3.05) is 12.3 Å². The first-order valence-electron chi connectivity index (χ1n) is 6.75. The molecule has 0 fully saturated rings. The van der Waals surface area contributed by atoms with Gasteiger partial charge in [-0.25, -0.2) is 15.0 Å². The first kappa shape index (κ1) is 15.8. The molecule has 9 nitrogen and oxygen atoms in total. The number of ketones is 1. The molecule has 118 valence electrons. The lowest BCUT2D eigenvalue weighted by atomic mass is 10.1. The summed E-state index contributed by atoms with van der Waals surface area (Å²) in [5.74, 6) is -0.711. The molecule has 0 aromatic carbocycles. The van der Waals surface area contributed by atoms with E-state index in [1.54, 1.807) is 13.8 Å². The fourth-order valence-corrected chi connectivity index (χ4v) is 1.77. The number of carbonyl (C=O) groups excluding carboxylic acids is 2. The standard InChI is InChI=1S/C13H18N6O3/c1-7(2)9(14)13(21)22-4-8(20)3-19-6-18-10-11(15)16-5-17-12(10)19/h5-7,9H,3-4,14H2,1-2H3,(H2,15,16,17)/t9-/m0/s1. The third-order valence-corrected chi connectivity index (χ3v) is 3.14. The molecule has 0 spiro atoms. The van der Waals surface area contributed by atoms with E-state index in [1.807, 2.05) is 0 Å². The van der Waals surface area contributed by atoms with Gasteiger partial charge in [0.15, 0.2) is 23.9 Å². The lowest BCUT2D eigenvalue weighted by Crippen LogP contribution is -2.38. The zero-order valence-corrected chi connectivity index (χ0v) is 12.4. The number of hydrogen-bond acceptors (Lipinski definition) is 8. The number of hydrogen-bond donors (Lipinski definition) is 2. The van der Waals surface area contributed by atoms with Crippen LogP contribution in [-0.2, 0) is 20.9 Å². The maximum absolute atomic E-state index is 11.9. The van der Waals surface area contributed by atoms with Gasteiger partial charge in [-0.15, -0.1) is 0 Å². The molecule has 0 bridgehead atoms. The fraction of sp³-hybridized carbons (Fsp3) is 0.462. The van der Waals surface area contributed by atoms with Crippen molar-refractivity contribution >= 4 is 28.7 Å². The molecule has 2 rings (SSSR count). The monoisotopic (exact) mass is 306 g/mol. The van der Waals surface area contributed by atoms with Crippen LogP contribution in [0.1, 0.15) is 13.8 Å². The quantitative estimate of drug-likeness (QED) is 0.681. The van der Waals surface area contributed by atoms with Crippen LogP contribution in [0.5, 0.6) is 0 Å². The van der Waals surface area contributed by atoms with Crippen LogP contribution in [0.2, 0.25) is 0 Å². The minimum atomic E-state index is -0.741. The van der Waals surface area contributed by atoms with E-state index < -0.39 is 12.0 Å². The van der Waals surface area contributed by atoms with E-state index in [9.17, 15) is 9.59 Å². The minimum absolute atomic E-state index is 0.0306. The van der Waals surface area contributed by atoms with E-state index in [-0.39, 0.29) is 30.7 Å². The van der Waals surface area contributed by atoms with Crippen LogP contribution in [0.15, 0.2) is 12.7 Å². The van der Waals surface area contributed by atoms with Gasteiger partial charge in [0.2, 0.25) is 0 Å². The van der Waals surface area contributed by atoms with Crippen molar-refractivity contribution in [3.8, 4) is 0 Å². The van der Waals surface area contributed by atoms with Gasteiger partial charge in [-0.1, -0.05) is 13.8 Å². The SMILES string of the molecule is CC(C)[C@H](N)C(=O)OCC(=O)Cn1cnc2c(N)ncnc21. The van der Waals surface area contributed by atoms with Crippen molar-refractivity contribution in [2.45, 2.75) is 26.4 Å². The lowest BCUT2D eigenvalue weighted by molar-refractivity contribution is -0.150. The van der Waals surface area contributed by atoms with Crippen LogP contribution in [0, 0.1) is 5.92 Å². The summed E-state index contributed by atoms with van der Waals surface area (Å²) in [7, 11) is 0. The predicted molar refractivity (Wildman–Crippen MR) is 78.5 cm³/mol. The molecule has 22 heavy (non-hydrogen) atoms. The van der Waals surface area contributed by atoms with Crippen LogP contribution in [0.4, 0.5) is 5.82 Å². The molecular weight excluding hydrogens is 288 g/mol. The average Bonchev–Trinajstić information content (AvgIpc) is 2.88. The Morgan fingerprint density at radius 3 is 2.73 bits per heavy atom. The summed E-state index contributed by atoms with van der Waals surface area (Å²) >= 11 is 0. The van der Waals surface area contributed by atoms with E-state index in [1.165, 1.54) is 17.2 Å². The number of imidazole rings is 1. The number of Topliss-reactive ketones (excluding diaryl/α,β-unsaturated/α-hetero) is 1. The molecule has 0 saturated carbocycles. The highest BCUT2D eigenvalue weighted by Crippen LogP contribution is 2.13. The van der Waals surface area contributed by atoms with Crippen molar-refractivity contribution in [1.29, 1.82) is 0 Å². The Morgan fingerprint density at radius 1 is 1.32 bits per heavy atom. The summed E-state index contributed by atoms with van der Waals surface area (Å²) in [5.41, 5.74) is 12.2. The van der Waals surface area contributed by atoms with E-state index in [0.29, 0.717) is 11.2 Å². The number of nitrogen functional groups attached to an aromatic ring is 1. The van der Waals surface area contributed by atoms with Crippen LogP contribution in [0.3, 0.4) is 0 Å². The number of nitrogens with two attached hydrogens (primary N) is 2. The molecule has 2 heterocycles. The van der Waals surface area contributed by atoms with Gasteiger partial charge in [-0.05, 0) is 5.92 Å². The molecule has 0 radical (unpaired) electrons. The smallest absolute Gasteiger partial charge is 0.323 e. The number of carbonyl (C=O) groups is 2. The molecule has 0 unspecified atom stereocenters. The Morgan fingerprint density at radius 2 is 2.05 bits per heavy atom. The number of aromatic nitrogens is 4. The summed E-state index contributed by atoms with van der Waals surface area (Å²) < 4.78 is 6.43. The highest BCUT2D eigenvalue weighted by atomic mass is 16.5. The number of rotatable bonds is 6. The molecule has 0 aliphatic heterocycles. The zero-order chi connectivity index (χ0) is 16.3. The highest BCUT2D eigenvalue weighted by Gasteiger charge is 2.20. The van der Waals surface area contributed by atoms with Crippen molar-refractivity contribution < 1.29 is 14.3 Å². The first-order valence-corrected chi connectivity index (χ1v) is 6.75. The van der Waals surface area contributed by atoms with Crippen molar-refractivity contribution in [2.24, 2.45) is 11.7 Å². The topological polar surface area (TPSA) is 139 Å². The summed E-state index contributed by atoms with van der Waals surface area (Å²) in [4.78, 5) is 35.4. The van der Waals surface area contributed by atoms with E-state index in [2.05, 4.69) is 15.0 Å². The van der Waals surface area contributed by atoms with Gasteiger partial charge in [0.25, 0.3) is 0 Å². The Balaban J connectivity index is 1.97. The molecule has 1 atom stereocenters. The fourth-order valence-electron chi connectivity index (χ4n) is 1.77. The van der Waals surface area contributed by atoms with Gasteiger partial charge in [0, 0.05) is 0 Å². The van der Waals surface area contributed by atoms with Gasteiger partial charge in [-0.3, -0.25) is 9.59 Å². The molecule has 0 amide bonds. The molecule has 9 heteroatoms. The lowest BCUT2D eigenvalue weighted by Gasteiger charge is -2.14. The maximum atomic E-state index is 11.9. The van der Waals surface area contributed by atoms with Crippen LogP contribution < -0.4 is 11.5 Å². The normalized spacial score (nSPS) is 12.5. The molecular formula is C13H18N6O3. The molecule has 0 aliphatic carbocycles. The molecule has 0 aliphatic rings. The number of nitrogens with zero attached hydrogens (tertiary/aromatic N) is 4. The largest absolute Gasteiger partial charge is 0.456 e. The van der Waals surface area contributed by atoms with Gasteiger partial charge in [-0.2, -0.15) is 0 Å². The number of esters is 1. The van der Waals surface area contributed by atoms with Crippen molar-refractivity contribution in [3.63, 3.8) is 0 Å². The zero-order valence-electron chi connectivity index (χ0n) is 12.4. The van der Waals surface area contributed by atoms with Gasteiger partial charge >= 0.3 is 5.97 Å². The molecule has 2 aromatic rings.